The van der Waals surface area contributed by atoms with Gasteiger partial charge in [0.05, 0.1) is 0 Å². The van der Waals surface area contributed by atoms with Crippen LogP contribution < -0.4 is 5.73 Å². The molecule has 2 saturated heterocycles. The largest absolute Gasteiger partial charge is 0.342 e. The molecular weight excluding hydrogens is 266 g/mol. The van der Waals surface area contributed by atoms with Gasteiger partial charge in [-0.2, -0.15) is 0 Å². The third kappa shape index (κ3) is 4.66. The molecule has 0 aliphatic carbocycles. The molecule has 0 radical (unpaired) electrons. The van der Waals surface area contributed by atoms with Gasteiger partial charge in [0.15, 0.2) is 0 Å². The molecule has 2 rings (SSSR count). The van der Waals surface area contributed by atoms with E-state index in [4.69, 9.17) is 5.73 Å². The molecule has 1 atom stereocenters. The van der Waals surface area contributed by atoms with E-state index in [1.165, 1.54) is 0 Å². The maximum Gasteiger partial charge on any atom is 0.224 e. The number of carbonyl (C=O) groups excluding carboxylic acids is 2. The zero-order valence-electron chi connectivity index (χ0n) is 11.3. The first-order valence-corrected chi connectivity index (χ1v) is 6.98. The summed E-state index contributed by atoms with van der Waals surface area (Å²) in [4.78, 5) is 27.4. The van der Waals surface area contributed by atoms with Crippen molar-refractivity contribution in [3.05, 3.63) is 0 Å². The number of nitrogens with two attached hydrogens (primary N) is 1. The maximum absolute atomic E-state index is 12.0. The molecule has 0 aromatic carbocycles. The van der Waals surface area contributed by atoms with Crippen LogP contribution in [-0.2, 0) is 9.59 Å². The molecule has 19 heavy (non-hydrogen) atoms. The van der Waals surface area contributed by atoms with Gasteiger partial charge in [-0.05, 0) is 19.3 Å². The van der Waals surface area contributed by atoms with E-state index in [9.17, 15) is 9.59 Å². The molecule has 2 aliphatic heterocycles. The van der Waals surface area contributed by atoms with E-state index in [1.807, 2.05) is 9.80 Å². The number of likely N-dealkylation sites (tertiary alicyclic amines) is 2. The number of halogens is 1. The number of amides is 2. The van der Waals surface area contributed by atoms with Gasteiger partial charge in [-0.3, -0.25) is 9.59 Å². The molecule has 1 unspecified atom stereocenters. The minimum Gasteiger partial charge on any atom is -0.342 e. The molecule has 2 amide bonds. The zero-order valence-corrected chi connectivity index (χ0v) is 12.2. The summed E-state index contributed by atoms with van der Waals surface area (Å²) in [5.74, 6) is 0.346. The summed E-state index contributed by atoms with van der Waals surface area (Å²) in [5.41, 5.74) is 5.79. The fraction of sp³-hybridized carbons (Fsp3) is 0.846. The Labute approximate surface area is 120 Å². The lowest BCUT2D eigenvalue weighted by molar-refractivity contribution is -0.133. The summed E-state index contributed by atoms with van der Waals surface area (Å²) in [6.45, 7) is 2.83. The monoisotopic (exact) mass is 289 g/mol. The van der Waals surface area contributed by atoms with Crippen LogP contribution in [-0.4, -0.2) is 53.8 Å². The first kappa shape index (κ1) is 16.2. The third-order valence-electron chi connectivity index (χ3n) is 3.84. The quantitative estimate of drug-likeness (QED) is 0.834. The SMILES string of the molecule is Cl.NC1CCN(C(=O)CCN2CCCCCC2=O)C1. The molecular formula is C13H24ClN3O2. The van der Waals surface area contributed by atoms with Crippen LogP contribution in [0.1, 0.15) is 38.5 Å². The molecule has 0 aromatic heterocycles. The van der Waals surface area contributed by atoms with Crippen molar-refractivity contribution in [2.75, 3.05) is 26.2 Å². The molecule has 0 aromatic rings. The van der Waals surface area contributed by atoms with Crippen LogP contribution in [0.15, 0.2) is 0 Å². The molecule has 2 N–H and O–H groups in total. The highest BCUT2D eigenvalue weighted by Crippen LogP contribution is 2.13. The van der Waals surface area contributed by atoms with Crippen molar-refractivity contribution in [3.8, 4) is 0 Å². The second-order valence-electron chi connectivity index (χ2n) is 5.33. The van der Waals surface area contributed by atoms with E-state index in [2.05, 4.69) is 0 Å². The predicted molar refractivity (Wildman–Crippen MR) is 76.1 cm³/mol. The Morgan fingerprint density at radius 2 is 2.05 bits per heavy atom. The molecule has 6 heteroatoms. The van der Waals surface area contributed by atoms with E-state index in [0.717, 1.165) is 38.8 Å². The Hall–Kier alpha value is -0.810. The average Bonchev–Trinajstić information content (AvgIpc) is 2.68. The summed E-state index contributed by atoms with van der Waals surface area (Å²) in [7, 11) is 0. The van der Waals surface area contributed by atoms with Crippen LogP contribution >= 0.6 is 12.4 Å². The number of hydrogen-bond donors (Lipinski definition) is 1. The molecule has 0 spiro atoms. The van der Waals surface area contributed by atoms with Crippen molar-refractivity contribution >= 4 is 24.2 Å². The Balaban J connectivity index is 0.00000180. The molecule has 0 saturated carbocycles. The topological polar surface area (TPSA) is 66.6 Å². The van der Waals surface area contributed by atoms with Crippen molar-refractivity contribution in [2.45, 2.75) is 44.6 Å². The van der Waals surface area contributed by atoms with Gasteiger partial charge in [0.2, 0.25) is 11.8 Å². The number of nitrogens with zero attached hydrogens (tertiary/aromatic N) is 2. The van der Waals surface area contributed by atoms with Crippen molar-refractivity contribution in [1.82, 2.24) is 9.80 Å². The zero-order chi connectivity index (χ0) is 13.0. The van der Waals surface area contributed by atoms with Gasteiger partial charge in [-0.25, -0.2) is 0 Å². The van der Waals surface area contributed by atoms with Gasteiger partial charge in [-0.15, -0.1) is 12.4 Å². The van der Waals surface area contributed by atoms with Gasteiger partial charge < -0.3 is 15.5 Å². The van der Waals surface area contributed by atoms with Gasteiger partial charge in [0, 0.05) is 45.1 Å². The smallest absolute Gasteiger partial charge is 0.224 e. The van der Waals surface area contributed by atoms with E-state index in [1.54, 1.807) is 0 Å². The van der Waals surface area contributed by atoms with E-state index >= 15 is 0 Å². The molecule has 110 valence electrons. The number of carbonyl (C=O) groups is 2. The lowest BCUT2D eigenvalue weighted by Gasteiger charge is -2.22. The molecule has 2 heterocycles. The number of hydrogen-bond acceptors (Lipinski definition) is 3. The van der Waals surface area contributed by atoms with Crippen LogP contribution in [0.3, 0.4) is 0 Å². The Morgan fingerprint density at radius 3 is 2.74 bits per heavy atom. The summed E-state index contributed by atoms with van der Waals surface area (Å²) in [5, 5.41) is 0. The fourth-order valence-electron chi connectivity index (χ4n) is 2.68. The first-order valence-electron chi connectivity index (χ1n) is 6.98. The summed E-state index contributed by atoms with van der Waals surface area (Å²) in [6.07, 6.45) is 5.16. The van der Waals surface area contributed by atoms with Gasteiger partial charge in [0.1, 0.15) is 0 Å². The number of rotatable bonds is 3. The van der Waals surface area contributed by atoms with Crippen molar-refractivity contribution in [1.29, 1.82) is 0 Å². The highest BCUT2D eigenvalue weighted by atomic mass is 35.5. The normalized spacial score (nSPS) is 24.1. The summed E-state index contributed by atoms with van der Waals surface area (Å²) in [6, 6.07) is 0.133. The van der Waals surface area contributed by atoms with Crippen LogP contribution in [0.4, 0.5) is 0 Å². The summed E-state index contributed by atoms with van der Waals surface area (Å²) >= 11 is 0. The second-order valence-corrected chi connectivity index (χ2v) is 5.33. The van der Waals surface area contributed by atoms with Crippen LogP contribution in [0, 0.1) is 0 Å². The van der Waals surface area contributed by atoms with E-state index in [-0.39, 0.29) is 30.3 Å². The van der Waals surface area contributed by atoms with Gasteiger partial charge in [-0.1, -0.05) is 6.42 Å². The Morgan fingerprint density at radius 1 is 1.26 bits per heavy atom. The minimum atomic E-state index is 0. The molecule has 0 bridgehead atoms. The highest BCUT2D eigenvalue weighted by molar-refractivity contribution is 5.85. The average molecular weight is 290 g/mol. The van der Waals surface area contributed by atoms with Gasteiger partial charge >= 0.3 is 0 Å². The van der Waals surface area contributed by atoms with E-state index in [0.29, 0.717) is 25.9 Å². The van der Waals surface area contributed by atoms with Crippen LogP contribution in [0.5, 0.6) is 0 Å². The fourth-order valence-corrected chi connectivity index (χ4v) is 2.68. The third-order valence-corrected chi connectivity index (χ3v) is 3.84. The lowest BCUT2D eigenvalue weighted by atomic mass is 10.2. The van der Waals surface area contributed by atoms with Crippen molar-refractivity contribution in [2.24, 2.45) is 5.73 Å². The highest BCUT2D eigenvalue weighted by Gasteiger charge is 2.24. The van der Waals surface area contributed by atoms with Gasteiger partial charge in [0.25, 0.3) is 0 Å². The first-order chi connectivity index (χ1) is 8.66. The molecule has 5 nitrogen and oxygen atoms in total. The maximum atomic E-state index is 12.0. The predicted octanol–water partition coefficient (Wildman–Crippen LogP) is 0.760. The lowest BCUT2D eigenvalue weighted by Crippen LogP contribution is -2.37. The second kappa shape index (κ2) is 7.70. The van der Waals surface area contributed by atoms with E-state index < -0.39 is 0 Å². The van der Waals surface area contributed by atoms with Crippen molar-refractivity contribution < 1.29 is 9.59 Å². The van der Waals surface area contributed by atoms with Crippen LogP contribution in [0.2, 0.25) is 0 Å². The Bertz CT molecular complexity index is 325. The standard InChI is InChI=1S/C13H23N3O2.ClH/c14-11-5-8-16(10-11)13(18)6-9-15-7-3-1-2-4-12(15)17;/h11H,1-10,14H2;1H. The van der Waals surface area contributed by atoms with Crippen molar-refractivity contribution in [3.63, 3.8) is 0 Å². The Kier molecular flexibility index (Phi) is 6.58. The minimum absolute atomic E-state index is 0. The summed E-state index contributed by atoms with van der Waals surface area (Å²) < 4.78 is 0. The molecule has 2 fully saturated rings. The molecule has 2 aliphatic rings. The van der Waals surface area contributed by atoms with Crippen LogP contribution in [0.25, 0.3) is 0 Å².